The first-order chi connectivity index (χ1) is 9.84. The van der Waals surface area contributed by atoms with Crippen LogP contribution in [0.1, 0.15) is 18.1 Å². The van der Waals surface area contributed by atoms with Crippen LogP contribution in [0.4, 0.5) is 0 Å². The summed E-state index contributed by atoms with van der Waals surface area (Å²) in [7, 11) is -4.62. The summed E-state index contributed by atoms with van der Waals surface area (Å²) in [5.74, 6) is -0.817. The first kappa shape index (κ1) is 15.2. The highest BCUT2D eigenvalue weighted by Gasteiger charge is 2.38. The van der Waals surface area contributed by atoms with E-state index in [-0.39, 0.29) is 0 Å². The first-order valence-corrected chi connectivity index (χ1v) is 7.69. The summed E-state index contributed by atoms with van der Waals surface area (Å²) in [6.07, 6.45) is 0. The summed E-state index contributed by atoms with van der Waals surface area (Å²) in [6, 6.07) is 17.6. The molecule has 0 spiro atoms. The van der Waals surface area contributed by atoms with E-state index in [0.717, 1.165) is 0 Å². The maximum Gasteiger partial charge on any atom is 0.359 e. The number of rotatable bonds is 4. The predicted octanol–water partition coefficient (Wildman–Crippen LogP) is 1.91. The van der Waals surface area contributed by atoms with Gasteiger partial charge in [0, 0.05) is 0 Å². The molecule has 0 unspecified atom stereocenters. The number of amides is 1. The van der Waals surface area contributed by atoms with E-state index >= 15 is 0 Å². The van der Waals surface area contributed by atoms with E-state index in [0.29, 0.717) is 11.1 Å². The van der Waals surface area contributed by atoms with E-state index in [2.05, 4.69) is 0 Å². The number of carbonyl (C=O) groups is 1. The van der Waals surface area contributed by atoms with E-state index in [1.54, 1.807) is 72.3 Å². The summed E-state index contributed by atoms with van der Waals surface area (Å²) < 4.78 is 32.5. The maximum atomic E-state index is 12.4. The third kappa shape index (κ3) is 3.29. The van der Waals surface area contributed by atoms with Crippen molar-refractivity contribution in [2.75, 3.05) is 0 Å². The molecule has 21 heavy (non-hydrogen) atoms. The molecule has 2 aromatic carbocycles. The van der Waals surface area contributed by atoms with Crippen LogP contribution in [0, 0.1) is 0 Å². The Kier molecular flexibility index (Phi) is 4.11. The van der Waals surface area contributed by atoms with E-state index in [9.17, 15) is 13.2 Å². The number of hydrogen-bond donors (Lipinski definition) is 2. The minimum absolute atomic E-state index is 0.623. The molecule has 0 fully saturated rings. The fourth-order valence-corrected chi connectivity index (χ4v) is 2.63. The third-order valence-corrected chi connectivity index (χ3v) is 3.82. The average molecular weight is 305 g/mol. The maximum absolute atomic E-state index is 12.4. The Morgan fingerprint density at radius 3 is 1.67 bits per heavy atom. The van der Waals surface area contributed by atoms with Crippen molar-refractivity contribution in [3.8, 4) is 0 Å². The van der Waals surface area contributed by atoms with E-state index in [1.807, 2.05) is 0 Å². The van der Waals surface area contributed by atoms with Gasteiger partial charge in [-0.15, -0.1) is 0 Å². The molecular weight excluding hydrogens is 290 g/mol. The minimum Gasteiger partial charge on any atom is -0.273 e. The molecule has 0 aliphatic heterocycles. The molecule has 110 valence electrons. The number of nitrogens with one attached hydrogen (secondary N) is 1. The summed E-state index contributed by atoms with van der Waals surface area (Å²) in [4.78, 5) is 12.4. The monoisotopic (exact) mass is 305 g/mol. The molecule has 0 saturated carbocycles. The Bertz CT molecular complexity index is 687. The van der Waals surface area contributed by atoms with Crippen molar-refractivity contribution >= 4 is 16.2 Å². The van der Waals surface area contributed by atoms with Crippen molar-refractivity contribution in [2.45, 2.75) is 12.3 Å². The zero-order valence-electron chi connectivity index (χ0n) is 11.4. The van der Waals surface area contributed by atoms with Crippen molar-refractivity contribution in [3.05, 3.63) is 71.8 Å². The minimum atomic E-state index is -4.62. The van der Waals surface area contributed by atoms with Crippen LogP contribution in [-0.2, 0) is 20.5 Å². The number of hydrogen-bond acceptors (Lipinski definition) is 3. The van der Waals surface area contributed by atoms with Crippen molar-refractivity contribution < 1.29 is 17.8 Å². The van der Waals surface area contributed by atoms with Gasteiger partial charge in [0.05, 0.1) is 5.41 Å². The fourth-order valence-electron chi connectivity index (χ4n) is 2.19. The van der Waals surface area contributed by atoms with Gasteiger partial charge in [-0.05, 0) is 18.1 Å². The molecule has 0 aliphatic carbocycles. The van der Waals surface area contributed by atoms with Crippen LogP contribution >= 0.6 is 0 Å². The topological polar surface area (TPSA) is 83.5 Å². The fraction of sp³-hybridized carbons (Fsp3) is 0.133. The van der Waals surface area contributed by atoms with Crippen molar-refractivity contribution in [3.63, 3.8) is 0 Å². The van der Waals surface area contributed by atoms with Gasteiger partial charge in [0.1, 0.15) is 0 Å². The second-order valence-corrected chi connectivity index (χ2v) is 5.92. The van der Waals surface area contributed by atoms with Crippen LogP contribution < -0.4 is 4.72 Å². The van der Waals surface area contributed by atoms with E-state index in [4.69, 9.17) is 4.55 Å². The third-order valence-electron chi connectivity index (χ3n) is 3.38. The van der Waals surface area contributed by atoms with Crippen LogP contribution in [0.15, 0.2) is 60.7 Å². The molecule has 5 nitrogen and oxygen atoms in total. The second-order valence-electron chi connectivity index (χ2n) is 4.76. The molecule has 0 radical (unpaired) electrons. The van der Waals surface area contributed by atoms with E-state index in [1.165, 1.54) is 0 Å². The lowest BCUT2D eigenvalue weighted by molar-refractivity contribution is -0.123. The van der Waals surface area contributed by atoms with Gasteiger partial charge >= 0.3 is 10.3 Å². The van der Waals surface area contributed by atoms with Gasteiger partial charge in [-0.2, -0.15) is 8.42 Å². The lowest BCUT2D eigenvalue weighted by Crippen LogP contribution is -2.45. The largest absolute Gasteiger partial charge is 0.359 e. The van der Waals surface area contributed by atoms with Crippen LogP contribution in [0.5, 0.6) is 0 Å². The second kappa shape index (κ2) is 5.67. The highest BCUT2D eigenvalue weighted by molar-refractivity contribution is 7.84. The zero-order valence-corrected chi connectivity index (χ0v) is 12.2. The Morgan fingerprint density at radius 2 is 1.33 bits per heavy atom. The predicted molar refractivity (Wildman–Crippen MR) is 79.0 cm³/mol. The Labute approximate surface area is 123 Å². The smallest absolute Gasteiger partial charge is 0.273 e. The van der Waals surface area contributed by atoms with Gasteiger partial charge in [0.25, 0.3) is 0 Å². The highest BCUT2D eigenvalue weighted by atomic mass is 32.2. The highest BCUT2D eigenvalue weighted by Crippen LogP contribution is 2.32. The summed E-state index contributed by atoms with van der Waals surface area (Å²) >= 11 is 0. The number of benzene rings is 2. The van der Waals surface area contributed by atoms with Crippen LogP contribution in [0.3, 0.4) is 0 Å². The van der Waals surface area contributed by atoms with Crippen LogP contribution in [0.25, 0.3) is 0 Å². The molecule has 0 saturated heterocycles. The quantitative estimate of drug-likeness (QED) is 0.845. The lowest BCUT2D eigenvalue weighted by atomic mass is 9.75. The molecule has 2 N–H and O–H groups in total. The van der Waals surface area contributed by atoms with Crippen LogP contribution in [0.2, 0.25) is 0 Å². The first-order valence-electron chi connectivity index (χ1n) is 6.25. The Balaban J connectivity index is 2.58. The van der Waals surface area contributed by atoms with E-state index < -0.39 is 21.6 Å². The molecule has 1 amide bonds. The standard InChI is InChI=1S/C15H15NO4S/c1-15(12-8-4-2-5-9-12,13-10-6-3-7-11-13)14(17)16-21(18,19)20/h2-11H,1H3,(H,16,17)(H,18,19,20). The molecular formula is C15H15NO4S. The SMILES string of the molecule is CC(C(=O)NS(=O)(=O)O)(c1ccccc1)c1ccccc1. The van der Waals surface area contributed by atoms with Gasteiger partial charge in [0.2, 0.25) is 5.91 Å². The van der Waals surface area contributed by atoms with Gasteiger partial charge in [0.15, 0.2) is 0 Å². The van der Waals surface area contributed by atoms with Crippen LogP contribution in [-0.4, -0.2) is 18.9 Å². The Morgan fingerprint density at radius 1 is 0.952 bits per heavy atom. The summed E-state index contributed by atoms with van der Waals surface area (Å²) in [5, 5.41) is 0. The molecule has 0 aromatic heterocycles. The zero-order chi connectivity index (χ0) is 15.5. The molecule has 0 aliphatic rings. The van der Waals surface area contributed by atoms with Crippen molar-refractivity contribution in [2.24, 2.45) is 0 Å². The Hall–Kier alpha value is -2.18. The van der Waals surface area contributed by atoms with Crippen molar-refractivity contribution in [1.29, 1.82) is 0 Å². The average Bonchev–Trinajstić information content (AvgIpc) is 2.46. The normalized spacial score (nSPS) is 11.9. The number of carbonyl (C=O) groups excluding carboxylic acids is 1. The van der Waals surface area contributed by atoms with Gasteiger partial charge in [-0.1, -0.05) is 60.7 Å². The summed E-state index contributed by atoms with van der Waals surface area (Å²) in [5.41, 5.74) is 0.00731. The molecule has 0 atom stereocenters. The van der Waals surface area contributed by atoms with Crippen molar-refractivity contribution in [1.82, 2.24) is 4.72 Å². The molecule has 2 rings (SSSR count). The van der Waals surface area contributed by atoms with Gasteiger partial charge < -0.3 is 0 Å². The molecule has 2 aromatic rings. The molecule has 6 heteroatoms. The lowest BCUT2D eigenvalue weighted by Gasteiger charge is -2.28. The molecule has 0 bridgehead atoms. The molecule has 0 heterocycles. The van der Waals surface area contributed by atoms with Gasteiger partial charge in [-0.3, -0.25) is 9.35 Å². The van der Waals surface area contributed by atoms with Gasteiger partial charge in [-0.25, -0.2) is 4.72 Å². The summed E-state index contributed by atoms with van der Waals surface area (Å²) in [6.45, 7) is 1.61.